The van der Waals surface area contributed by atoms with E-state index in [0.717, 1.165) is 17.7 Å². The Kier molecular flexibility index (Phi) is 6.47. The number of aromatic nitrogens is 2. The standard InChI is InChI=1S/C19H21N3O2/c1-4-5-6-17(20-2)8-7-15-9-11-22-18(13-15)21-14-16(19(22)23)10-12-24-3/h5-6,9,11,13-14H,4,10,12H2,1-3H3/b6-5-,20-17?. The summed E-state index contributed by atoms with van der Waals surface area (Å²) in [5, 5.41) is 0. The Morgan fingerprint density at radius 1 is 1.50 bits per heavy atom. The first-order valence-electron chi connectivity index (χ1n) is 7.84. The Bertz CT molecular complexity index is 883. The van der Waals surface area contributed by atoms with Crippen molar-refractivity contribution in [1.82, 2.24) is 9.38 Å². The molecule has 2 heterocycles. The van der Waals surface area contributed by atoms with E-state index in [9.17, 15) is 4.79 Å². The van der Waals surface area contributed by atoms with Crippen molar-refractivity contribution in [1.29, 1.82) is 0 Å². The normalized spacial score (nSPS) is 11.7. The molecule has 0 saturated carbocycles. The summed E-state index contributed by atoms with van der Waals surface area (Å²) < 4.78 is 6.54. The molecule has 124 valence electrons. The van der Waals surface area contributed by atoms with Gasteiger partial charge in [0, 0.05) is 44.1 Å². The Morgan fingerprint density at radius 3 is 3.04 bits per heavy atom. The first-order valence-corrected chi connectivity index (χ1v) is 7.84. The lowest BCUT2D eigenvalue weighted by Gasteiger charge is -2.04. The van der Waals surface area contributed by atoms with Crippen LogP contribution in [0.2, 0.25) is 0 Å². The number of aliphatic imine (C=N–C) groups is 1. The van der Waals surface area contributed by atoms with Gasteiger partial charge in [-0.2, -0.15) is 0 Å². The summed E-state index contributed by atoms with van der Waals surface area (Å²) in [6.07, 6.45) is 8.72. The van der Waals surface area contributed by atoms with Crippen LogP contribution in [0.25, 0.3) is 5.65 Å². The van der Waals surface area contributed by atoms with Crippen LogP contribution in [0.5, 0.6) is 0 Å². The highest BCUT2D eigenvalue weighted by molar-refractivity contribution is 6.08. The van der Waals surface area contributed by atoms with Gasteiger partial charge in [-0.05, 0) is 30.6 Å². The van der Waals surface area contributed by atoms with E-state index in [-0.39, 0.29) is 5.56 Å². The molecule has 2 aromatic heterocycles. The number of methoxy groups -OCH3 is 1. The molecule has 5 nitrogen and oxygen atoms in total. The number of hydrogen-bond acceptors (Lipinski definition) is 4. The number of allylic oxidation sites excluding steroid dienone is 2. The summed E-state index contributed by atoms with van der Waals surface area (Å²) in [6.45, 7) is 2.56. The molecule has 0 aliphatic heterocycles. The van der Waals surface area contributed by atoms with Gasteiger partial charge in [0.2, 0.25) is 0 Å². The Labute approximate surface area is 141 Å². The lowest BCUT2D eigenvalue weighted by molar-refractivity contribution is 0.202. The SMILES string of the molecule is CC/C=C\C(C#Cc1ccn2c(=O)c(CCOC)cnc2c1)=NC. The molecule has 0 radical (unpaired) electrons. The van der Waals surface area contributed by atoms with E-state index in [1.54, 1.807) is 38.7 Å². The lowest BCUT2D eigenvalue weighted by Crippen LogP contribution is -2.20. The fourth-order valence-corrected chi connectivity index (χ4v) is 2.11. The molecule has 0 unspecified atom stereocenters. The highest BCUT2D eigenvalue weighted by Gasteiger charge is 2.05. The predicted molar refractivity (Wildman–Crippen MR) is 96.7 cm³/mol. The van der Waals surface area contributed by atoms with Crippen LogP contribution in [-0.2, 0) is 11.2 Å². The minimum absolute atomic E-state index is 0.0711. The van der Waals surface area contributed by atoms with Gasteiger partial charge in [0.25, 0.3) is 5.56 Å². The zero-order valence-electron chi connectivity index (χ0n) is 14.2. The van der Waals surface area contributed by atoms with Crippen LogP contribution >= 0.6 is 0 Å². The fraction of sp³-hybridized carbons (Fsp3) is 0.316. The van der Waals surface area contributed by atoms with Crippen molar-refractivity contribution in [3.05, 3.63) is 58.2 Å². The average Bonchev–Trinajstić information content (AvgIpc) is 2.61. The molecule has 24 heavy (non-hydrogen) atoms. The molecule has 0 spiro atoms. The molecular formula is C19H21N3O2. The van der Waals surface area contributed by atoms with Crippen molar-refractivity contribution >= 4 is 11.4 Å². The highest BCUT2D eigenvalue weighted by Crippen LogP contribution is 2.03. The zero-order valence-corrected chi connectivity index (χ0v) is 14.2. The van der Waals surface area contributed by atoms with Gasteiger partial charge in [-0.1, -0.05) is 18.9 Å². The van der Waals surface area contributed by atoms with Gasteiger partial charge in [0.05, 0.1) is 6.61 Å². The van der Waals surface area contributed by atoms with Gasteiger partial charge in [0.15, 0.2) is 0 Å². The van der Waals surface area contributed by atoms with Crippen LogP contribution in [0, 0.1) is 11.8 Å². The maximum absolute atomic E-state index is 12.4. The molecule has 0 atom stereocenters. The van der Waals surface area contributed by atoms with E-state index >= 15 is 0 Å². The predicted octanol–water partition coefficient (Wildman–Crippen LogP) is 2.27. The number of rotatable bonds is 5. The molecule has 2 aromatic rings. The molecule has 2 rings (SSSR count). The number of ether oxygens (including phenoxy) is 1. The first-order chi connectivity index (χ1) is 11.7. The highest BCUT2D eigenvalue weighted by atomic mass is 16.5. The second kappa shape index (κ2) is 8.80. The number of pyridine rings is 1. The molecule has 0 aliphatic rings. The number of hydrogen-bond donors (Lipinski definition) is 0. The first kappa shape index (κ1) is 17.6. The minimum Gasteiger partial charge on any atom is -0.384 e. The van der Waals surface area contributed by atoms with Gasteiger partial charge in [-0.15, -0.1) is 0 Å². The maximum atomic E-state index is 12.4. The summed E-state index contributed by atoms with van der Waals surface area (Å²) in [5.74, 6) is 6.08. The third-order valence-corrected chi connectivity index (χ3v) is 3.44. The Hall–Kier alpha value is -2.71. The van der Waals surface area contributed by atoms with Crippen LogP contribution in [0.3, 0.4) is 0 Å². The largest absolute Gasteiger partial charge is 0.384 e. The second-order valence-electron chi connectivity index (χ2n) is 5.14. The van der Waals surface area contributed by atoms with E-state index in [4.69, 9.17) is 4.74 Å². The van der Waals surface area contributed by atoms with Crippen molar-refractivity contribution in [2.24, 2.45) is 4.99 Å². The third-order valence-electron chi connectivity index (χ3n) is 3.44. The summed E-state index contributed by atoms with van der Waals surface area (Å²) in [5.41, 5.74) is 2.65. The van der Waals surface area contributed by atoms with Gasteiger partial charge in [-0.25, -0.2) is 4.98 Å². The third kappa shape index (κ3) is 4.40. The molecule has 0 amide bonds. The van der Waals surface area contributed by atoms with Crippen molar-refractivity contribution in [2.75, 3.05) is 20.8 Å². The van der Waals surface area contributed by atoms with Crippen LogP contribution in [0.4, 0.5) is 0 Å². The molecule has 5 heteroatoms. The Balaban J connectivity index is 2.33. The molecule has 0 saturated heterocycles. The average molecular weight is 323 g/mol. The number of nitrogens with zero attached hydrogens (tertiary/aromatic N) is 3. The van der Waals surface area contributed by atoms with Crippen molar-refractivity contribution in [3.63, 3.8) is 0 Å². The summed E-state index contributed by atoms with van der Waals surface area (Å²) in [4.78, 5) is 20.9. The van der Waals surface area contributed by atoms with E-state index in [1.807, 2.05) is 12.2 Å². The van der Waals surface area contributed by atoms with Gasteiger partial charge < -0.3 is 4.74 Å². The van der Waals surface area contributed by atoms with E-state index in [2.05, 4.69) is 28.7 Å². The molecule has 0 bridgehead atoms. The summed E-state index contributed by atoms with van der Waals surface area (Å²) >= 11 is 0. The van der Waals surface area contributed by atoms with Crippen molar-refractivity contribution < 1.29 is 4.74 Å². The molecule has 0 aromatic carbocycles. The fourth-order valence-electron chi connectivity index (χ4n) is 2.11. The molecular weight excluding hydrogens is 302 g/mol. The Morgan fingerprint density at radius 2 is 2.33 bits per heavy atom. The zero-order chi connectivity index (χ0) is 17.4. The van der Waals surface area contributed by atoms with Crippen LogP contribution in [0.1, 0.15) is 24.5 Å². The van der Waals surface area contributed by atoms with Crippen LogP contribution < -0.4 is 5.56 Å². The van der Waals surface area contributed by atoms with E-state index in [0.29, 0.717) is 24.2 Å². The van der Waals surface area contributed by atoms with Crippen LogP contribution in [0.15, 0.2) is 46.5 Å². The molecule has 0 N–H and O–H groups in total. The monoisotopic (exact) mass is 323 g/mol. The lowest BCUT2D eigenvalue weighted by atomic mass is 10.2. The molecule has 0 fully saturated rings. The summed E-state index contributed by atoms with van der Waals surface area (Å²) in [7, 11) is 3.33. The molecule has 0 aliphatic carbocycles. The number of fused-ring (bicyclic) bond motifs is 1. The van der Waals surface area contributed by atoms with Crippen LogP contribution in [-0.4, -0.2) is 35.9 Å². The summed E-state index contributed by atoms with van der Waals surface area (Å²) in [6, 6.07) is 3.60. The minimum atomic E-state index is -0.0711. The van der Waals surface area contributed by atoms with Gasteiger partial charge >= 0.3 is 0 Å². The maximum Gasteiger partial charge on any atom is 0.261 e. The van der Waals surface area contributed by atoms with E-state index < -0.39 is 0 Å². The van der Waals surface area contributed by atoms with Crippen molar-refractivity contribution in [2.45, 2.75) is 19.8 Å². The topological polar surface area (TPSA) is 56.0 Å². The van der Waals surface area contributed by atoms with E-state index in [1.165, 1.54) is 4.40 Å². The van der Waals surface area contributed by atoms with Gasteiger partial charge in [0.1, 0.15) is 11.4 Å². The van der Waals surface area contributed by atoms with Crippen molar-refractivity contribution in [3.8, 4) is 11.8 Å². The smallest absolute Gasteiger partial charge is 0.261 e. The van der Waals surface area contributed by atoms with Gasteiger partial charge in [-0.3, -0.25) is 14.2 Å². The quantitative estimate of drug-likeness (QED) is 0.626. The second-order valence-corrected chi connectivity index (χ2v) is 5.14.